The highest BCUT2D eigenvalue weighted by atomic mass is 32.2. The van der Waals surface area contributed by atoms with Crippen molar-refractivity contribution in [2.45, 2.75) is 38.1 Å². The Morgan fingerprint density at radius 2 is 1.72 bits per heavy atom. The predicted molar refractivity (Wildman–Crippen MR) is 154 cm³/mol. The van der Waals surface area contributed by atoms with E-state index in [1.165, 1.54) is 11.3 Å². The molecule has 39 heavy (non-hydrogen) atoms. The standard InChI is InChI=1S/C29H31N3O5S2/c1-3-23-19-38-29(30-23)27(17-21-12-14-24(15-13-21)32-39(34,35)36)31-28(33)26(16-20-8-5-4-6-9-20)22-10-7-11-25(18-22)37-2/h4-15,18-19,26-27,32H,3,16-17H2,1-2H3,(H,31,33)(H,34,35,36)/t26?,27-/m0/s1. The van der Waals surface area contributed by atoms with Gasteiger partial charge in [0.05, 0.1) is 30.5 Å². The number of rotatable bonds is 12. The van der Waals surface area contributed by atoms with Crippen LogP contribution in [0, 0.1) is 0 Å². The van der Waals surface area contributed by atoms with Gasteiger partial charge in [-0.15, -0.1) is 11.3 Å². The van der Waals surface area contributed by atoms with Crippen LogP contribution in [-0.2, 0) is 34.4 Å². The molecular weight excluding hydrogens is 534 g/mol. The van der Waals surface area contributed by atoms with Gasteiger partial charge in [-0.2, -0.15) is 8.42 Å². The number of amides is 1. The molecule has 1 amide bonds. The number of carbonyl (C=O) groups is 1. The molecule has 0 aliphatic carbocycles. The van der Waals surface area contributed by atoms with Crippen molar-refractivity contribution < 1.29 is 22.5 Å². The van der Waals surface area contributed by atoms with Gasteiger partial charge in [-0.25, -0.2) is 4.98 Å². The molecule has 0 fully saturated rings. The van der Waals surface area contributed by atoms with Crippen LogP contribution in [0.15, 0.2) is 84.2 Å². The summed E-state index contributed by atoms with van der Waals surface area (Å²) >= 11 is 1.50. The fourth-order valence-electron chi connectivity index (χ4n) is 4.28. The number of hydrogen-bond acceptors (Lipinski definition) is 6. The number of benzene rings is 3. The second kappa shape index (κ2) is 12.9. The van der Waals surface area contributed by atoms with Crippen LogP contribution in [0.25, 0.3) is 0 Å². The minimum atomic E-state index is -4.36. The quantitative estimate of drug-likeness (QED) is 0.199. The van der Waals surface area contributed by atoms with Crippen LogP contribution in [0.5, 0.6) is 5.75 Å². The highest BCUT2D eigenvalue weighted by molar-refractivity contribution is 7.87. The van der Waals surface area contributed by atoms with E-state index >= 15 is 0 Å². The van der Waals surface area contributed by atoms with Crippen LogP contribution in [0.1, 0.15) is 46.3 Å². The lowest BCUT2D eigenvalue weighted by Crippen LogP contribution is -2.35. The van der Waals surface area contributed by atoms with Gasteiger partial charge in [0.2, 0.25) is 5.91 Å². The van der Waals surface area contributed by atoms with E-state index in [4.69, 9.17) is 14.3 Å². The normalized spacial score (nSPS) is 12.9. The van der Waals surface area contributed by atoms with Crippen LogP contribution < -0.4 is 14.8 Å². The summed E-state index contributed by atoms with van der Waals surface area (Å²) in [5.74, 6) is 0.0907. The van der Waals surface area contributed by atoms with E-state index in [1.54, 1.807) is 31.4 Å². The molecule has 0 radical (unpaired) electrons. The number of ether oxygens (including phenoxy) is 1. The molecule has 8 nitrogen and oxygen atoms in total. The molecule has 4 aromatic rings. The first-order chi connectivity index (χ1) is 18.7. The number of aromatic nitrogens is 1. The minimum Gasteiger partial charge on any atom is -0.497 e. The number of thiazole rings is 1. The summed E-state index contributed by atoms with van der Waals surface area (Å²) in [6, 6.07) is 23.7. The third-order valence-electron chi connectivity index (χ3n) is 6.28. The molecule has 4 rings (SSSR count). The summed E-state index contributed by atoms with van der Waals surface area (Å²) in [5.41, 5.74) is 3.96. The maximum atomic E-state index is 13.9. The number of anilines is 1. The van der Waals surface area contributed by atoms with Gasteiger partial charge >= 0.3 is 10.3 Å². The van der Waals surface area contributed by atoms with E-state index in [0.29, 0.717) is 18.6 Å². The Balaban J connectivity index is 1.62. The topological polar surface area (TPSA) is 118 Å². The van der Waals surface area contributed by atoms with E-state index in [9.17, 15) is 13.2 Å². The fraction of sp³-hybridized carbons (Fsp3) is 0.241. The molecule has 204 valence electrons. The monoisotopic (exact) mass is 565 g/mol. The number of nitrogens with zero attached hydrogens (tertiary/aromatic N) is 1. The molecule has 0 aliphatic rings. The van der Waals surface area contributed by atoms with Crippen LogP contribution in [0.2, 0.25) is 0 Å². The average Bonchev–Trinajstić information content (AvgIpc) is 3.41. The first kappa shape index (κ1) is 28.3. The first-order valence-electron chi connectivity index (χ1n) is 12.5. The lowest BCUT2D eigenvalue weighted by molar-refractivity contribution is -0.123. The maximum absolute atomic E-state index is 13.9. The first-order valence-corrected chi connectivity index (χ1v) is 14.8. The molecule has 3 N–H and O–H groups in total. The zero-order valence-electron chi connectivity index (χ0n) is 21.7. The van der Waals surface area contributed by atoms with Crippen LogP contribution in [0.3, 0.4) is 0 Å². The third-order valence-corrected chi connectivity index (χ3v) is 7.78. The lowest BCUT2D eigenvalue weighted by atomic mass is 9.90. The molecule has 0 spiro atoms. The Bertz CT molecular complexity index is 1490. The summed E-state index contributed by atoms with van der Waals surface area (Å²) in [7, 11) is -2.76. The van der Waals surface area contributed by atoms with E-state index in [2.05, 4.69) is 5.32 Å². The number of nitrogens with one attached hydrogen (secondary N) is 2. The van der Waals surface area contributed by atoms with Crippen molar-refractivity contribution in [1.29, 1.82) is 0 Å². The van der Waals surface area contributed by atoms with Crippen molar-refractivity contribution in [2.75, 3.05) is 11.8 Å². The highest BCUT2D eigenvalue weighted by Crippen LogP contribution is 2.28. The van der Waals surface area contributed by atoms with Gasteiger partial charge < -0.3 is 10.1 Å². The maximum Gasteiger partial charge on any atom is 0.357 e. The number of hydrogen-bond donors (Lipinski definition) is 3. The fourth-order valence-corrected chi connectivity index (χ4v) is 5.67. The molecule has 0 aliphatic heterocycles. The van der Waals surface area contributed by atoms with Gasteiger partial charge in [0.25, 0.3) is 0 Å². The van der Waals surface area contributed by atoms with Gasteiger partial charge in [-0.1, -0.05) is 61.5 Å². The smallest absolute Gasteiger partial charge is 0.357 e. The van der Waals surface area contributed by atoms with E-state index in [0.717, 1.165) is 33.8 Å². The molecule has 1 heterocycles. The number of carbonyl (C=O) groups excluding carboxylic acids is 1. The molecule has 10 heteroatoms. The highest BCUT2D eigenvalue weighted by Gasteiger charge is 2.26. The van der Waals surface area contributed by atoms with Gasteiger partial charge in [0, 0.05) is 5.38 Å². The zero-order chi connectivity index (χ0) is 27.8. The van der Waals surface area contributed by atoms with Crippen molar-refractivity contribution in [3.63, 3.8) is 0 Å². The molecule has 1 unspecified atom stereocenters. The van der Waals surface area contributed by atoms with Crippen molar-refractivity contribution in [3.8, 4) is 5.75 Å². The van der Waals surface area contributed by atoms with Crippen LogP contribution >= 0.6 is 11.3 Å². The summed E-state index contributed by atoms with van der Waals surface area (Å²) in [6.07, 6.45) is 1.75. The molecule has 0 bridgehead atoms. The van der Waals surface area contributed by atoms with Gasteiger partial charge in [0.1, 0.15) is 10.8 Å². The van der Waals surface area contributed by atoms with Gasteiger partial charge in [-0.3, -0.25) is 14.1 Å². The SMILES string of the molecule is CCc1csc([C@H](Cc2ccc(NS(=O)(=O)O)cc2)NC(=O)C(Cc2ccccc2)c2cccc(OC)c2)n1. The minimum absolute atomic E-state index is 0.130. The predicted octanol–water partition coefficient (Wildman–Crippen LogP) is 5.36. The Morgan fingerprint density at radius 1 is 1.00 bits per heavy atom. The molecule has 1 aromatic heterocycles. The van der Waals surface area contributed by atoms with E-state index in [1.807, 2.05) is 71.6 Å². The molecule has 0 saturated heterocycles. The van der Waals surface area contributed by atoms with Crippen molar-refractivity contribution in [3.05, 3.63) is 112 Å². The molecule has 3 aromatic carbocycles. The van der Waals surface area contributed by atoms with Gasteiger partial charge in [0.15, 0.2) is 0 Å². The average molecular weight is 566 g/mol. The third kappa shape index (κ3) is 8.13. The number of methoxy groups -OCH3 is 1. The Labute approximate surface area is 233 Å². The Kier molecular flexibility index (Phi) is 9.34. The summed E-state index contributed by atoms with van der Waals surface area (Å²) in [5, 5.41) is 6.04. The van der Waals surface area contributed by atoms with Crippen LogP contribution in [-0.4, -0.2) is 31.0 Å². The summed E-state index contributed by atoms with van der Waals surface area (Å²) in [4.78, 5) is 18.7. The second-order valence-corrected chi connectivity index (χ2v) is 11.1. The van der Waals surface area contributed by atoms with Crippen molar-refractivity contribution in [1.82, 2.24) is 10.3 Å². The van der Waals surface area contributed by atoms with E-state index < -0.39 is 22.3 Å². The summed E-state index contributed by atoms with van der Waals surface area (Å²) < 4.78 is 38.8. The number of aryl methyl sites for hydroxylation is 1. The molecule has 0 saturated carbocycles. The van der Waals surface area contributed by atoms with Gasteiger partial charge in [-0.05, 0) is 60.2 Å². The largest absolute Gasteiger partial charge is 0.497 e. The van der Waals surface area contributed by atoms with Crippen LogP contribution in [0.4, 0.5) is 5.69 Å². The second-order valence-electron chi connectivity index (χ2n) is 9.09. The lowest BCUT2D eigenvalue weighted by Gasteiger charge is -2.23. The van der Waals surface area contributed by atoms with Crippen molar-refractivity contribution >= 4 is 33.2 Å². The molecule has 2 atom stereocenters. The Morgan fingerprint density at radius 3 is 2.36 bits per heavy atom. The van der Waals surface area contributed by atoms with Crippen molar-refractivity contribution in [2.24, 2.45) is 0 Å². The zero-order valence-corrected chi connectivity index (χ0v) is 23.3. The molecular formula is C29H31N3O5S2. The Hall–Kier alpha value is -3.73. The summed E-state index contributed by atoms with van der Waals surface area (Å²) in [6.45, 7) is 2.03. The van der Waals surface area contributed by atoms with E-state index in [-0.39, 0.29) is 11.6 Å².